The first-order valence-corrected chi connectivity index (χ1v) is 6.01. The van der Waals surface area contributed by atoms with Crippen molar-refractivity contribution in [1.82, 2.24) is 4.98 Å². The fraction of sp³-hybridized carbons (Fsp3) is 0.357. The summed E-state index contributed by atoms with van der Waals surface area (Å²) in [5, 5.41) is 0. The van der Waals surface area contributed by atoms with Gasteiger partial charge in [0.1, 0.15) is 0 Å². The summed E-state index contributed by atoms with van der Waals surface area (Å²) in [7, 11) is 0. The van der Waals surface area contributed by atoms with Crippen LogP contribution < -0.4 is 10.6 Å². The number of hydrogen-bond acceptors (Lipinski definition) is 3. The molecule has 0 radical (unpaired) electrons. The predicted octanol–water partition coefficient (Wildman–Crippen LogP) is 2.56. The number of nitrogens with zero attached hydrogens (tertiary/aromatic N) is 2. The number of anilines is 1. The maximum Gasteiger partial charge on any atom is 0.0739 e. The summed E-state index contributed by atoms with van der Waals surface area (Å²) in [6.07, 6.45) is 5.98. The Morgan fingerprint density at radius 3 is 2.76 bits per heavy atom. The summed E-state index contributed by atoms with van der Waals surface area (Å²) in [6, 6.07) is 4.15. The first-order chi connectivity index (χ1) is 8.22. The van der Waals surface area contributed by atoms with E-state index in [2.05, 4.69) is 28.6 Å². The molecule has 1 aromatic heterocycles. The fourth-order valence-corrected chi connectivity index (χ4v) is 2.18. The Kier molecular flexibility index (Phi) is 3.47. The van der Waals surface area contributed by atoms with Crippen molar-refractivity contribution in [3.63, 3.8) is 0 Å². The van der Waals surface area contributed by atoms with Gasteiger partial charge in [-0.15, -0.1) is 0 Å². The molecule has 0 atom stereocenters. The fourth-order valence-electron chi connectivity index (χ4n) is 2.18. The second-order valence-electron chi connectivity index (χ2n) is 4.45. The lowest BCUT2D eigenvalue weighted by Gasteiger charge is -2.18. The third-order valence-electron chi connectivity index (χ3n) is 3.12. The molecule has 3 nitrogen and oxygen atoms in total. The van der Waals surface area contributed by atoms with Crippen LogP contribution in [0.15, 0.2) is 36.7 Å². The summed E-state index contributed by atoms with van der Waals surface area (Å²) in [5.41, 5.74) is 9.63. The molecule has 0 unspecified atom stereocenters. The van der Waals surface area contributed by atoms with Gasteiger partial charge >= 0.3 is 0 Å². The molecule has 17 heavy (non-hydrogen) atoms. The van der Waals surface area contributed by atoms with Gasteiger partial charge in [0, 0.05) is 36.7 Å². The van der Waals surface area contributed by atoms with Gasteiger partial charge in [-0.25, -0.2) is 0 Å². The van der Waals surface area contributed by atoms with Crippen LogP contribution in [-0.4, -0.2) is 18.1 Å². The van der Waals surface area contributed by atoms with Gasteiger partial charge in [-0.05, 0) is 37.5 Å². The minimum absolute atomic E-state index is 0.907. The molecule has 2 N–H and O–H groups in total. The van der Waals surface area contributed by atoms with E-state index in [0.29, 0.717) is 0 Å². The molecular formula is C14H19N3. The van der Waals surface area contributed by atoms with Crippen LogP contribution in [0.1, 0.15) is 25.5 Å². The van der Waals surface area contributed by atoms with Crippen molar-refractivity contribution in [1.29, 1.82) is 0 Å². The first-order valence-electron chi connectivity index (χ1n) is 6.01. The van der Waals surface area contributed by atoms with E-state index in [4.69, 9.17) is 5.73 Å². The van der Waals surface area contributed by atoms with Crippen molar-refractivity contribution in [2.45, 2.75) is 19.8 Å². The van der Waals surface area contributed by atoms with Crippen molar-refractivity contribution >= 4 is 11.3 Å². The van der Waals surface area contributed by atoms with Crippen LogP contribution >= 0.6 is 0 Å². The van der Waals surface area contributed by atoms with E-state index in [1.807, 2.05) is 13.1 Å². The average Bonchev–Trinajstić information content (AvgIpc) is 2.83. The van der Waals surface area contributed by atoms with E-state index in [0.717, 1.165) is 29.9 Å². The Morgan fingerprint density at radius 2 is 2.18 bits per heavy atom. The van der Waals surface area contributed by atoms with Gasteiger partial charge in [-0.1, -0.05) is 6.58 Å². The Morgan fingerprint density at radius 1 is 1.47 bits per heavy atom. The Labute approximate surface area is 103 Å². The highest BCUT2D eigenvalue weighted by Gasteiger charge is 2.13. The molecule has 2 heterocycles. The van der Waals surface area contributed by atoms with E-state index < -0.39 is 0 Å². The zero-order chi connectivity index (χ0) is 12.3. The summed E-state index contributed by atoms with van der Waals surface area (Å²) in [4.78, 5) is 6.75. The van der Waals surface area contributed by atoms with Crippen LogP contribution in [-0.2, 0) is 0 Å². The molecule has 0 aliphatic carbocycles. The predicted molar refractivity (Wildman–Crippen MR) is 72.7 cm³/mol. The molecule has 0 saturated carbocycles. The highest BCUT2D eigenvalue weighted by Crippen LogP contribution is 2.25. The maximum atomic E-state index is 5.63. The summed E-state index contributed by atoms with van der Waals surface area (Å²) < 4.78 is 0. The van der Waals surface area contributed by atoms with E-state index in [1.54, 1.807) is 6.20 Å². The molecule has 1 fully saturated rings. The zero-order valence-electron chi connectivity index (χ0n) is 10.3. The SMILES string of the molecule is C=C(C)C(=CN)c1cc(N2CCCC2)ccn1. The monoisotopic (exact) mass is 229 g/mol. The second-order valence-corrected chi connectivity index (χ2v) is 4.45. The Bertz CT molecular complexity index is 443. The second kappa shape index (κ2) is 5.04. The molecule has 1 aliphatic rings. The quantitative estimate of drug-likeness (QED) is 0.810. The van der Waals surface area contributed by atoms with Crippen molar-refractivity contribution in [3.8, 4) is 0 Å². The van der Waals surface area contributed by atoms with Crippen LogP contribution in [0.3, 0.4) is 0 Å². The number of rotatable bonds is 3. The normalized spacial score (nSPS) is 16.3. The molecule has 90 valence electrons. The largest absolute Gasteiger partial charge is 0.404 e. The molecule has 0 amide bonds. The van der Waals surface area contributed by atoms with Crippen LogP contribution in [0.4, 0.5) is 5.69 Å². The highest BCUT2D eigenvalue weighted by molar-refractivity contribution is 5.76. The van der Waals surface area contributed by atoms with Gasteiger partial charge < -0.3 is 10.6 Å². The maximum absolute atomic E-state index is 5.63. The van der Waals surface area contributed by atoms with Gasteiger partial charge in [0.25, 0.3) is 0 Å². The number of nitrogens with two attached hydrogens (primary N) is 1. The summed E-state index contributed by atoms with van der Waals surface area (Å²) in [5.74, 6) is 0. The third kappa shape index (κ3) is 2.49. The number of pyridine rings is 1. The van der Waals surface area contributed by atoms with E-state index in [-0.39, 0.29) is 0 Å². The molecule has 0 bridgehead atoms. The lowest BCUT2D eigenvalue weighted by molar-refractivity contribution is 0.949. The van der Waals surface area contributed by atoms with Crippen LogP contribution in [0.5, 0.6) is 0 Å². The van der Waals surface area contributed by atoms with Crippen molar-refractivity contribution < 1.29 is 0 Å². The van der Waals surface area contributed by atoms with Gasteiger partial charge in [-0.2, -0.15) is 0 Å². The molecule has 0 spiro atoms. The standard InChI is InChI=1S/C14H19N3/c1-11(2)13(10-15)14-9-12(5-6-16-14)17-7-3-4-8-17/h5-6,9-10H,1,3-4,7-8,15H2,2H3. The van der Waals surface area contributed by atoms with Crippen molar-refractivity contribution in [2.24, 2.45) is 5.73 Å². The molecule has 0 aromatic carbocycles. The molecule has 1 saturated heterocycles. The van der Waals surface area contributed by atoms with Crippen LogP contribution in [0.25, 0.3) is 5.57 Å². The van der Waals surface area contributed by atoms with Gasteiger partial charge in [-0.3, -0.25) is 4.98 Å². The van der Waals surface area contributed by atoms with E-state index >= 15 is 0 Å². The van der Waals surface area contributed by atoms with Gasteiger partial charge in [0.05, 0.1) is 5.69 Å². The van der Waals surface area contributed by atoms with Crippen molar-refractivity contribution in [2.75, 3.05) is 18.0 Å². The highest BCUT2D eigenvalue weighted by atomic mass is 15.1. The van der Waals surface area contributed by atoms with E-state index in [1.165, 1.54) is 18.5 Å². The number of allylic oxidation sites excluding steroid dienone is 2. The number of hydrogen-bond donors (Lipinski definition) is 1. The lowest BCUT2D eigenvalue weighted by atomic mass is 10.1. The Hall–Kier alpha value is -1.77. The summed E-state index contributed by atoms with van der Waals surface area (Å²) in [6.45, 7) is 8.15. The topological polar surface area (TPSA) is 42.1 Å². The van der Waals surface area contributed by atoms with E-state index in [9.17, 15) is 0 Å². The van der Waals surface area contributed by atoms with Gasteiger partial charge in [0.15, 0.2) is 0 Å². The minimum Gasteiger partial charge on any atom is -0.404 e. The Balaban J connectivity index is 2.30. The summed E-state index contributed by atoms with van der Waals surface area (Å²) >= 11 is 0. The molecule has 3 heteroatoms. The average molecular weight is 229 g/mol. The molecule has 2 rings (SSSR count). The van der Waals surface area contributed by atoms with Gasteiger partial charge in [0.2, 0.25) is 0 Å². The molecule has 1 aromatic rings. The zero-order valence-corrected chi connectivity index (χ0v) is 10.3. The smallest absolute Gasteiger partial charge is 0.0739 e. The van der Waals surface area contributed by atoms with Crippen molar-refractivity contribution in [3.05, 3.63) is 42.4 Å². The number of aromatic nitrogens is 1. The first kappa shape index (κ1) is 11.7. The lowest BCUT2D eigenvalue weighted by Crippen LogP contribution is -2.17. The van der Waals surface area contributed by atoms with Crippen LogP contribution in [0, 0.1) is 0 Å². The molecule has 1 aliphatic heterocycles. The van der Waals surface area contributed by atoms with Crippen LogP contribution in [0.2, 0.25) is 0 Å². The minimum atomic E-state index is 0.907. The molecular weight excluding hydrogens is 210 g/mol. The third-order valence-corrected chi connectivity index (χ3v) is 3.12.